The number of Topliss-reactive ketones (excluding diaryl/α,β-unsaturated/α-hetero) is 3. The maximum atomic E-state index is 14.8. The second kappa shape index (κ2) is 9.87. The number of nitrogens with zero attached hydrogens (tertiary/aromatic N) is 2. The first-order chi connectivity index (χ1) is 20.9. The smallest absolute Gasteiger partial charge is 0.270 e. The number of hydrogen-bond donors (Lipinski definition) is 0. The summed E-state index contributed by atoms with van der Waals surface area (Å²) in [6.45, 7) is 2.18. The summed E-state index contributed by atoms with van der Waals surface area (Å²) in [5.74, 6) is -1.63. The first-order valence-corrected chi connectivity index (χ1v) is 14.1. The van der Waals surface area contributed by atoms with Crippen LogP contribution in [0.4, 0.5) is 11.4 Å². The summed E-state index contributed by atoms with van der Waals surface area (Å²) in [7, 11) is 0. The van der Waals surface area contributed by atoms with Crippen LogP contribution in [0.1, 0.15) is 55.0 Å². The van der Waals surface area contributed by atoms with Crippen molar-refractivity contribution in [2.24, 2.45) is 5.41 Å². The Labute approximate surface area is 247 Å². The number of ketones is 3. The van der Waals surface area contributed by atoms with Crippen molar-refractivity contribution in [1.82, 2.24) is 0 Å². The molecule has 7 rings (SSSR count). The van der Waals surface area contributed by atoms with Crippen molar-refractivity contribution in [2.75, 3.05) is 11.5 Å². The summed E-state index contributed by atoms with van der Waals surface area (Å²) in [5, 5.41) is 11.7. The van der Waals surface area contributed by atoms with E-state index in [1.54, 1.807) is 42.5 Å². The van der Waals surface area contributed by atoms with Crippen molar-refractivity contribution in [2.45, 2.75) is 24.9 Å². The number of para-hydroxylation sites is 2. The topological polar surface area (TPSA) is 107 Å². The zero-order valence-electron chi connectivity index (χ0n) is 23.2. The summed E-state index contributed by atoms with van der Waals surface area (Å²) in [5.41, 5.74) is 0.942. The second-order valence-electron chi connectivity index (χ2n) is 10.9. The number of rotatable bonds is 6. The van der Waals surface area contributed by atoms with Crippen LogP contribution >= 0.6 is 0 Å². The van der Waals surface area contributed by atoms with Crippen LogP contribution in [0, 0.1) is 15.5 Å². The Morgan fingerprint density at radius 1 is 0.907 bits per heavy atom. The molecule has 1 saturated heterocycles. The molecule has 1 spiro atoms. The van der Waals surface area contributed by atoms with Crippen LogP contribution in [0.3, 0.4) is 0 Å². The maximum Gasteiger partial charge on any atom is 0.270 e. The molecule has 3 atom stereocenters. The van der Waals surface area contributed by atoms with Crippen molar-refractivity contribution in [3.05, 3.63) is 141 Å². The third-order valence-corrected chi connectivity index (χ3v) is 8.88. The Morgan fingerprint density at radius 3 is 2.30 bits per heavy atom. The van der Waals surface area contributed by atoms with Crippen molar-refractivity contribution in [3.8, 4) is 5.75 Å². The van der Waals surface area contributed by atoms with Gasteiger partial charge < -0.3 is 9.64 Å². The molecule has 4 aromatic carbocycles. The largest absolute Gasteiger partial charge is 0.494 e. The third kappa shape index (κ3) is 3.65. The normalized spacial score (nSPS) is 21.0. The lowest BCUT2D eigenvalue weighted by molar-refractivity contribution is -0.384. The molecule has 0 radical (unpaired) electrons. The summed E-state index contributed by atoms with van der Waals surface area (Å²) in [4.78, 5) is 57.4. The maximum absolute atomic E-state index is 14.8. The van der Waals surface area contributed by atoms with Gasteiger partial charge in [-0.3, -0.25) is 24.5 Å². The highest BCUT2D eigenvalue weighted by molar-refractivity contribution is 6.32. The number of nitro benzene ring substituents is 1. The average molecular weight is 571 g/mol. The standard InChI is InChI=1S/C35H26N2O6/c1-2-43-28-17-8-6-15-26(28)30-31(32(38)22-11-9-12-23(20-22)37(41)42)36-27-16-7-3-10-21(27)18-19-29(36)35(30)33(39)24-13-4-5-14-25(24)34(35)40/h3-20,29-31H,2H2,1H3/t29-,30-,31+/m0/s1. The van der Waals surface area contributed by atoms with Crippen molar-refractivity contribution >= 4 is 34.8 Å². The minimum Gasteiger partial charge on any atom is -0.494 e. The number of fused-ring (bicyclic) bond motifs is 5. The van der Waals surface area contributed by atoms with Gasteiger partial charge >= 0.3 is 0 Å². The molecule has 8 nitrogen and oxygen atoms in total. The van der Waals surface area contributed by atoms with Gasteiger partial charge in [0.1, 0.15) is 17.2 Å². The number of non-ortho nitro benzene ring substituents is 1. The zero-order valence-corrected chi connectivity index (χ0v) is 23.2. The highest BCUT2D eigenvalue weighted by Gasteiger charge is 2.72. The molecule has 0 amide bonds. The number of carbonyl (C=O) groups is 3. The van der Waals surface area contributed by atoms with Gasteiger partial charge in [0.15, 0.2) is 17.3 Å². The fraction of sp³-hybridized carbons (Fsp3) is 0.171. The van der Waals surface area contributed by atoms with E-state index in [2.05, 4.69) is 0 Å². The van der Waals surface area contributed by atoms with Crippen LogP contribution in [-0.2, 0) is 0 Å². The summed E-state index contributed by atoms with van der Waals surface area (Å²) in [6.07, 6.45) is 3.74. The highest BCUT2D eigenvalue weighted by atomic mass is 16.6. The van der Waals surface area contributed by atoms with Gasteiger partial charge in [0.05, 0.1) is 17.6 Å². The van der Waals surface area contributed by atoms with Crippen LogP contribution in [0.5, 0.6) is 5.75 Å². The fourth-order valence-electron chi connectivity index (χ4n) is 7.23. The molecule has 212 valence electrons. The van der Waals surface area contributed by atoms with Crippen LogP contribution in [-0.4, -0.2) is 41.0 Å². The molecule has 0 bridgehead atoms. The van der Waals surface area contributed by atoms with Gasteiger partial charge in [0.2, 0.25) is 0 Å². The van der Waals surface area contributed by atoms with Gasteiger partial charge in [-0.1, -0.05) is 84.9 Å². The molecule has 0 unspecified atom stereocenters. The van der Waals surface area contributed by atoms with E-state index in [0.29, 0.717) is 34.7 Å². The minimum absolute atomic E-state index is 0.122. The number of nitro groups is 1. The van der Waals surface area contributed by atoms with Crippen molar-refractivity contribution in [1.29, 1.82) is 0 Å². The number of anilines is 1. The first-order valence-electron chi connectivity index (χ1n) is 14.1. The van der Waals surface area contributed by atoms with E-state index < -0.39 is 34.1 Å². The molecule has 1 aliphatic carbocycles. The Kier molecular flexibility index (Phi) is 6.09. The van der Waals surface area contributed by atoms with E-state index in [4.69, 9.17) is 4.74 Å². The van der Waals surface area contributed by atoms with E-state index in [1.165, 1.54) is 18.2 Å². The monoisotopic (exact) mass is 570 g/mol. The van der Waals surface area contributed by atoms with Gasteiger partial charge in [0.25, 0.3) is 5.69 Å². The Bertz CT molecular complexity index is 1840. The molecule has 0 aromatic heterocycles. The van der Waals surface area contributed by atoms with Gasteiger partial charge in [-0.05, 0) is 24.6 Å². The molecule has 2 heterocycles. The molecule has 43 heavy (non-hydrogen) atoms. The molecule has 8 heteroatoms. The van der Waals surface area contributed by atoms with E-state index >= 15 is 0 Å². The second-order valence-corrected chi connectivity index (χ2v) is 10.9. The summed E-state index contributed by atoms with van der Waals surface area (Å²) in [6, 6.07) is 25.3. The SMILES string of the molecule is CCOc1ccccc1[C@H]1[C@H](C(=O)c2cccc([N+](=O)[O-])c2)N2c3ccccc3C=C[C@H]2C12C(=O)c1ccccc1C2=O. The summed E-state index contributed by atoms with van der Waals surface area (Å²) < 4.78 is 6.05. The van der Waals surface area contributed by atoms with E-state index in [1.807, 2.05) is 60.4 Å². The van der Waals surface area contributed by atoms with Crippen LogP contribution in [0.2, 0.25) is 0 Å². The highest BCUT2D eigenvalue weighted by Crippen LogP contribution is 2.62. The number of hydrogen-bond acceptors (Lipinski definition) is 7. The lowest BCUT2D eigenvalue weighted by Crippen LogP contribution is -2.48. The molecule has 2 aliphatic heterocycles. The third-order valence-electron chi connectivity index (χ3n) is 8.88. The Balaban J connectivity index is 1.56. The van der Waals surface area contributed by atoms with E-state index in [-0.39, 0.29) is 22.8 Å². The molecule has 4 aromatic rings. The van der Waals surface area contributed by atoms with Crippen LogP contribution < -0.4 is 9.64 Å². The molecule has 0 saturated carbocycles. The minimum atomic E-state index is -1.69. The lowest BCUT2D eigenvalue weighted by atomic mass is 9.64. The molecular weight excluding hydrogens is 544 g/mol. The predicted molar refractivity (Wildman–Crippen MR) is 161 cm³/mol. The molecular formula is C35H26N2O6. The van der Waals surface area contributed by atoms with Gasteiger partial charge in [-0.2, -0.15) is 0 Å². The number of carbonyl (C=O) groups excluding carboxylic acids is 3. The zero-order chi connectivity index (χ0) is 29.9. The van der Waals surface area contributed by atoms with Gasteiger partial charge in [0, 0.05) is 46.0 Å². The number of benzene rings is 4. The number of ether oxygens (including phenoxy) is 1. The van der Waals surface area contributed by atoms with Crippen LogP contribution in [0.25, 0.3) is 6.08 Å². The molecule has 1 fully saturated rings. The first kappa shape index (κ1) is 26.5. The molecule has 0 N–H and O–H groups in total. The Hall–Kier alpha value is -5.37. The summed E-state index contributed by atoms with van der Waals surface area (Å²) >= 11 is 0. The van der Waals surface area contributed by atoms with E-state index in [0.717, 1.165) is 5.56 Å². The van der Waals surface area contributed by atoms with Crippen molar-refractivity contribution in [3.63, 3.8) is 0 Å². The van der Waals surface area contributed by atoms with E-state index in [9.17, 15) is 24.5 Å². The van der Waals surface area contributed by atoms with Gasteiger partial charge in [-0.25, -0.2) is 0 Å². The molecule has 3 aliphatic rings. The fourth-order valence-corrected chi connectivity index (χ4v) is 7.23. The predicted octanol–water partition coefficient (Wildman–Crippen LogP) is 6.31. The van der Waals surface area contributed by atoms with Crippen LogP contribution in [0.15, 0.2) is 103 Å². The lowest BCUT2D eigenvalue weighted by Gasteiger charge is -2.37. The quantitative estimate of drug-likeness (QED) is 0.116. The van der Waals surface area contributed by atoms with Gasteiger partial charge in [-0.15, -0.1) is 0 Å². The Morgan fingerprint density at radius 2 is 1.58 bits per heavy atom. The average Bonchev–Trinajstić information content (AvgIpc) is 3.47. The van der Waals surface area contributed by atoms with Crippen molar-refractivity contribution < 1.29 is 24.0 Å².